The molecule has 0 unspecified atom stereocenters. The van der Waals surface area contributed by atoms with Crippen LogP contribution < -0.4 is 5.32 Å². The van der Waals surface area contributed by atoms with Crippen LogP contribution in [0, 0.1) is 13.8 Å². The number of hydrogen-bond acceptors (Lipinski definition) is 3. The molecule has 0 radical (unpaired) electrons. The monoisotopic (exact) mass is 219 g/mol. The third-order valence-corrected chi connectivity index (χ3v) is 2.26. The van der Waals surface area contributed by atoms with Crippen LogP contribution in [0.1, 0.15) is 27.7 Å². The highest BCUT2D eigenvalue weighted by atomic mass is 16.3. The molecule has 0 saturated heterocycles. The number of carbonyl (C=O) groups is 1. The summed E-state index contributed by atoms with van der Waals surface area (Å²) in [7, 11) is 0. The molecule has 2 heterocycles. The summed E-state index contributed by atoms with van der Waals surface area (Å²) < 4.78 is 5.29. The van der Waals surface area contributed by atoms with Gasteiger partial charge in [-0.3, -0.25) is 4.79 Å². The van der Waals surface area contributed by atoms with Crippen LogP contribution in [0.2, 0.25) is 0 Å². The van der Waals surface area contributed by atoms with Crippen LogP contribution in [0.4, 0.5) is 0 Å². The second-order valence-corrected chi connectivity index (χ2v) is 3.55. The van der Waals surface area contributed by atoms with Crippen molar-refractivity contribution in [1.82, 2.24) is 15.3 Å². The number of nitrogens with zero attached hydrogens (tertiary/aromatic N) is 1. The Morgan fingerprint density at radius 2 is 2.38 bits per heavy atom. The van der Waals surface area contributed by atoms with Gasteiger partial charge in [0.15, 0.2) is 0 Å². The molecule has 5 nitrogen and oxygen atoms in total. The van der Waals surface area contributed by atoms with E-state index in [0.29, 0.717) is 17.9 Å². The van der Waals surface area contributed by atoms with Crippen molar-refractivity contribution in [3.8, 4) is 0 Å². The molecule has 0 atom stereocenters. The average Bonchev–Trinajstić information content (AvgIpc) is 2.84. The number of H-pyrrole nitrogens is 1. The second kappa shape index (κ2) is 4.22. The first-order valence-corrected chi connectivity index (χ1v) is 5.00. The van der Waals surface area contributed by atoms with Gasteiger partial charge in [0.1, 0.15) is 17.3 Å². The molecule has 1 amide bonds. The zero-order chi connectivity index (χ0) is 11.5. The third kappa shape index (κ3) is 2.13. The van der Waals surface area contributed by atoms with Crippen LogP contribution in [0.25, 0.3) is 0 Å². The molecule has 84 valence electrons. The Balaban J connectivity index is 2.01. The fraction of sp³-hybridized carbons (Fsp3) is 0.273. The first kappa shape index (κ1) is 10.5. The minimum absolute atomic E-state index is 0.147. The molecule has 0 aliphatic rings. The van der Waals surface area contributed by atoms with E-state index in [1.165, 1.54) is 0 Å². The van der Waals surface area contributed by atoms with Crippen LogP contribution in [-0.2, 0) is 6.54 Å². The Kier molecular flexibility index (Phi) is 2.76. The van der Waals surface area contributed by atoms with Crippen molar-refractivity contribution in [2.75, 3.05) is 0 Å². The predicted octanol–water partition coefficient (Wildman–Crippen LogP) is 1.55. The Bertz CT molecular complexity index is 485. The molecule has 0 aromatic carbocycles. The summed E-state index contributed by atoms with van der Waals surface area (Å²) in [5, 5.41) is 2.76. The van der Waals surface area contributed by atoms with Crippen LogP contribution in [0.15, 0.2) is 22.9 Å². The van der Waals surface area contributed by atoms with Gasteiger partial charge in [-0.15, -0.1) is 0 Å². The molecule has 0 aliphatic heterocycles. The number of imidazole rings is 1. The Labute approximate surface area is 92.9 Å². The van der Waals surface area contributed by atoms with Crippen molar-refractivity contribution in [1.29, 1.82) is 0 Å². The standard InChI is InChI=1S/C11H13N3O2/c1-7-5-9(8(2)16-7)11(15)14-6-10-12-3-4-13-10/h3-5H,6H2,1-2H3,(H,12,13)(H,14,15). The molecule has 2 rings (SSSR count). The molecule has 0 bridgehead atoms. The van der Waals surface area contributed by atoms with E-state index in [9.17, 15) is 4.79 Å². The summed E-state index contributed by atoms with van der Waals surface area (Å²) in [6, 6.07) is 1.73. The minimum atomic E-state index is -0.147. The first-order valence-electron chi connectivity index (χ1n) is 5.00. The Hall–Kier alpha value is -2.04. The van der Waals surface area contributed by atoms with Gasteiger partial charge in [0.25, 0.3) is 5.91 Å². The highest BCUT2D eigenvalue weighted by molar-refractivity contribution is 5.95. The Morgan fingerprint density at radius 3 is 2.94 bits per heavy atom. The lowest BCUT2D eigenvalue weighted by Crippen LogP contribution is -2.23. The van der Waals surface area contributed by atoms with E-state index in [0.717, 1.165) is 11.6 Å². The third-order valence-electron chi connectivity index (χ3n) is 2.26. The van der Waals surface area contributed by atoms with Gasteiger partial charge in [-0.2, -0.15) is 0 Å². The largest absolute Gasteiger partial charge is 0.466 e. The number of rotatable bonds is 3. The molecule has 2 aromatic heterocycles. The van der Waals surface area contributed by atoms with Crippen LogP contribution in [0.3, 0.4) is 0 Å². The van der Waals surface area contributed by atoms with Gasteiger partial charge in [-0.25, -0.2) is 4.98 Å². The molecule has 2 N–H and O–H groups in total. The van der Waals surface area contributed by atoms with Gasteiger partial charge in [-0.05, 0) is 19.9 Å². The van der Waals surface area contributed by atoms with Crippen molar-refractivity contribution in [3.05, 3.63) is 41.4 Å². The van der Waals surface area contributed by atoms with Crippen LogP contribution in [0.5, 0.6) is 0 Å². The average molecular weight is 219 g/mol. The summed E-state index contributed by atoms with van der Waals surface area (Å²) in [6.07, 6.45) is 3.36. The maximum atomic E-state index is 11.8. The quantitative estimate of drug-likeness (QED) is 0.822. The van der Waals surface area contributed by atoms with Crippen molar-refractivity contribution in [3.63, 3.8) is 0 Å². The van der Waals surface area contributed by atoms with E-state index in [1.54, 1.807) is 25.4 Å². The van der Waals surface area contributed by atoms with Crippen LogP contribution >= 0.6 is 0 Å². The van der Waals surface area contributed by atoms with E-state index >= 15 is 0 Å². The maximum absolute atomic E-state index is 11.8. The number of nitrogens with one attached hydrogen (secondary N) is 2. The van der Waals surface area contributed by atoms with Gasteiger partial charge >= 0.3 is 0 Å². The van der Waals surface area contributed by atoms with E-state index in [1.807, 2.05) is 6.92 Å². The molecular weight excluding hydrogens is 206 g/mol. The molecule has 0 saturated carbocycles. The first-order chi connectivity index (χ1) is 7.66. The van der Waals surface area contributed by atoms with Gasteiger partial charge in [0, 0.05) is 12.4 Å². The summed E-state index contributed by atoms with van der Waals surface area (Å²) in [4.78, 5) is 18.7. The zero-order valence-electron chi connectivity index (χ0n) is 9.20. The van der Waals surface area contributed by atoms with Crippen LogP contribution in [-0.4, -0.2) is 15.9 Å². The zero-order valence-corrected chi connectivity index (χ0v) is 9.20. The fourth-order valence-corrected chi connectivity index (χ4v) is 1.51. The number of hydrogen-bond donors (Lipinski definition) is 2. The summed E-state index contributed by atoms with van der Waals surface area (Å²) in [6.45, 7) is 3.97. The molecule has 0 fully saturated rings. The number of aromatic nitrogens is 2. The van der Waals surface area contributed by atoms with Gasteiger partial charge in [0.05, 0.1) is 12.1 Å². The van der Waals surface area contributed by atoms with Crippen molar-refractivity contribution < 1.29 is 9.21 Å². The number of furan rings is 1. The number of aromatic amines is 1. The van der Waals surface area contributed by atoms with E-state index in [4.69, 9.17) is 4.42 Å². The highest BCUT2D eigenvalue weighted by Gasteiger charge is 2.13. The maximum Gasteiger partial charge on any atom is 0.255 e. The SMILES string of the molecule is Cc1cc(C(=O)NCc2ncc[nH]2)c(C)o1. The van der Waals surface area contributed by atoms with E-state index < -0.39 is 0 Å². The summed E-state index contributed by atoms with van der Waals surface area (Å²) >= 11 is 0. The number of amides is 1. The van der Waals surface area contributed by atoms with Crippen molar-refractivity contribution in [2.45, 2.75) is 20.4 Å². The molecule has 0 spiro atoms. The topological polar surface area (TPSA) is 70.9 Å². The van der Waals surface area contributed by atoms with E-state index in [2.05, 4.69) is 15.3 Å². The molecule has 16 heavy (non-hydrogen) atoms. The summed E-state index contributed by atoms with van der Waals surface area (Å²) in [5.74, 6) is 1.95. The smallest absolute Gasteiger partial charge is 0.255 e. The molecule has 2 aromatic rings. The number of aryl methyl sites for hydroxylation is 2. The fourth-order valence-electron chi connectivity index (χ4n) is 1.51. The normalized spacial score (nSPS) is 10.4. The molecule has 5 heteroatoms. The highest BCUT2D eigenvalue weighted by Crippen LogP contribution is 2.13. The van der Waals surface area contributed by atoms with Gasteiger partial charge < -0.3 is 14.7 Å². The minimum Gasteiger partial charge on any atom is -0.466 e. The van der Waals surface area contributed by atoms with Gasteiger partial charge in [-0.1, -0.05) is 0 Å². The predicted molar refractivity (Wildman–Crippen MR) is 57.9 cm³/mol. The summed E-state index contributed by atoms with van der Waals surface area (Å²) in [5.41, 5.74) is 0.573. The van der Waals surface area contributed by atoms with Gasteiger partial charge in [0.2, 0.25) is 0 Å². The van der Waals surface area contributed by atoms with Crippen molar-refractivity contribution in [2.24, 2.45) is 0 Å². The Morgan fingerprint density at radius 1 is 1.56 bits per heavy atom. The molecular formula is C11H13N3O2. The number of carbonyl (C=O) groups excluding carboxylic acids is 1. The lowest BCUT2D eigenvalue weighted by molar-refractivity contribution is 0.0948. The van der Waals surface area contributed by atoms with E-state index in [-0.39, 0.29) is 5.91 Å². The lowest BCUT2D eigenvalue weighted by Gasteiger charge is -2.01. The second-order valence-electron chi connectivity index (χ2n) is 3.55. The molecule has 0 aliphatic carbocycles. The van der Waals surface area contributed by atoms with Crippen molar-refractivity contribution >= 4 is 5.91 Å². The lowest BCUT2D eigenvalue weighted by atomic mass is 10.2.